The second-order valence-electron chi connectivity index (χ2n) is 4.96. The molecule has 0 aromatic heterocycles. The predicted octanol–water partition coefficient (Wildman–Crippen LogP) is -0.392. The minimum atomic E-state index is -5.19. The van der Waals surface area contributed by atoms with Gasteiger partial charge in [0.1, 0.15) is 0 Å². The van der Waals surface area contributed by atoms with E-state index in [4.69, 9.17) is 10.8 Å². The summed E-state index contributed by atoms with van der Waals surface area (Å²) in [7, 11) is 0. The number of hydrogen-bond acceptors (Lipinski definition) is 4. The number of carboxylic acids is 1. The van der Waals surface area contributed by atoms with Crippen LogP contribution in [0.4, 0.5) is 13.2 Å². The molecule has 0 rings (SSSR count). The molecule has 0 saturated heterocycles. The van der Waals surface area contributed by atoms with E-state index in [0.29, 0.717) is 6.92 Å². The molecule has 2 amide bonds. The van der Waals surface area contributed by atoms with Gasteiger partial charge < -0.3 is 21.5 Å². The summed E-state index contributed by atoms with van der Waals surface area (Å²) in [6.07, 6.45) is -5.19. The van der Waals surface area contributed by atoms with Crippen LogP contribution in [0.15, 0.2) is 0 Å². The second kappa shape index (κ2) is 6.74. The van der Waals surface area contributed by atoms with Crippen molar-refractivity contribution in [1.82, 2.24) is 10.6 Å². The maximum absolute atomic E-state index is 12.6. The van der Waals surface area contributed by atoms with E-state index in [1.165, 1.54) is 5.32 Å². The van der Waals surface area contributed by atoms with E-state index in [2.05, 4.69) is 0 Å². The van der Waals surface area contributed by atoms with Gasteiger partial charge in [-0.3, -0.25) is 9.59 Å². The van der Waals surface area contributed by atoms with Gasteiger partial charge in [0, 0.05) is 0 Å². The molecule has 7 nitrogen and oxygen atoms in total. The maximum atomic E-state index is 12.6. The van der Waals surface area contributed by atoms with Crippen molar-refractivity contribution >= 4 is 17.8 Å². The Labute approximate surface area is 119 Å². The van der Waals surface area contributed by atoms with E-state index >= 15 is 0 Å². The van der Waals surface area contributed by atoms with Crippen molar-refractivity contribution in [3.8, 4) is 0 Å². The minimum Gasteiger partial charge on any atom is -0.479 e. The zero-order valence-corrected chi connectivity index (χ0v) is 11.7. The van der Waals surface area contributed by atoms with Crippen LogP contribution >= 0.6 is 0 Å². The van der Waals surface area contributed by atoms with Crippen LogP contribution in [0, 0.1) is 5.92 Å². The molecule has 0 aliphatic rings. The van der Waals surface area contributed by atoms with Crippen LogP contribution in [0.1, 0.15) is 20.8 Å². The topological polar surface area (TPSA) is 122 Å². The van der Waals surface area contributed by atoms with Gasteiger partial charge in [0.05, 0.1) is 12.6 Å². The van der Waals surface area contributed by atoms with Crippen molar-refractivity contribution in [1.29, 1.82) is 0 Å². The van der Waals surface area contributed by atoms with Crippen LogP contribution < -0.4 is 16.4 Å². The summed E-state index contributed by atoms with van der Waals surface area (Å²) >= 11 is 0. The quantitative estimate of drug-likeness (QED) is 0.532. The first kappa shape index (κ1) is 19.2. The van der Waals surface area contributed by atoms with Gasteiger partial charge in [0.15, 0.2) is 0 Å². The standard InChI is InChI=1S/C11H18F3N3O4/c1-5(2)7(15)8(19)16-4-6(18)17-10(3,9(20)21)11(12,13)14/h5,7H,4,15H2,1-3H3,(H,16,19)(H,17,18)(H,20,21)/t7-,10?/m0/s1. The number of halogens is 3. The summed E-state index contributed by atoms with van der Waals surface area (Å²) in [5.74, 6) is -4.49. The lowest BCUT2D eigenvalue weighted by Crippen LogP contribution is -2.63. The van der Waals surface area contributed by atoms with Crippen LogP contribution in [0.5, 0.6) is 0 Å². The van der Waals surface area contributed by atoms with Crippen molar-refractivity contribution in [3.63, 3.8) is 0 Å². The lowest BCUT2D eigenvalue weighted by molar-refractivity contribution is -0.206. The van der Waals surface area contributed by atoms with Gasteiger partial charge in [-0.15, -0.1) is 0 Å². The third-order valence-corrected chi connectivity index (χ3v) is 2.83. The van der Waals surface area contributed by atoms with Gasteiger partial charge in [-0.2, -0.15) is 13.2 Å². The Morgan fingerprint density at radius 2 is 1.71 bits per heavy atom. The fourth-order valence-corrected chi connectivity index (χ4v) is 1.16. The number of nitrogens with two attached hydrogens (primary N) is 1. The second-order valence-corrected chi connectivity index (χ2v) is 4.96. The summed E-state index contributed by atoms with van der Waals surface area (Å²) in [5.41, 5.74) is 2.04. The van der Waals surface area contributed by atoms with Gasteiger partial charge in [-0.25, -0.2) is 4.79 Å². The highest BCUT2D eigenvalue weighted by atomic mass is 19.4. The van der Waals surface area contributed by atoms with Gasteiger partial charge in [0.2, 0.25) is 17.4 Å². The third-order valence-electron chi connectivity index (χ3n) is 2.83. The fraction of sp³-hybridized carbons (Fsp3) is 0.727. The van der Waals surface area contributed by atoms with E-state index < -0.39 is 42.1 Å². The molecule has 1 unspecified atom stereocenters. The molecule has 0 saturated carbocycles. The predicted molar refractivity (Wildman–Crippen MR) is 66.1 cm³/mol. The average molecular weight is 313 g/mol. The molecule has 0 aliphatic heterocycles. The van der Waals surface area contributed by atoms with Crippen LogP contribution in [0.2, 0.25) is 0 Å². The fourth-order valence-electron chi connectivity index (χ4n) is 1.16. The molecule has 0 aromatic carbocycles. The molecule has 122 valence electrons. The smallest absolute Gasteiger partial charge is 0.422 e. The highest BCUT2D eigenvalue weighted by Gasteiger charge is 2.58. The molecule has 5 N–H and O–H groups in total. The lowest BCUT2D eigenvalue weighted by atomic mass is 10.0. The molecule has 10 heteroatoms. The van der Waals surface area contributed by atoms with E-state index in [-0.39, 0.29) is 5.92 Å². The monoisotopic (exact) mass is 313 g/mol. The number of carbonyl (C=O) groups excluding carboxylic acids is 2. The number of alkyl halides is 3. The largest absolute Gasteiger partial charge is 0.479 e. The number of carboxylic acid groups (broad SMARTS) is 1. The van der Waals surface area contributed by atoms with E-state index in [9.17, 15) is 27.6 Å². The summed E-state index contributed by atoms with van der Waals surface area (Å²) < 4.78 is 37.9. The highest BCUT2D eigenvalue weighted by Crippen LogP contribution is 2.30. The normalized spacial score (nSPS) is 16.0. The summed E-state index contributed by atoms with van der Waals surface area (Å²) in [5, 5.41) is 12.0. The van der Waals surface area contributed by atoms with Crippen LogP contribution in [-0.4, -0.2) is 47.2 Å². The first-order valence-electron chi connectivity index (χ1n) is 5.97. The number of rotatable bonds is 6. The van der Waals surface area contributed by atoms with Gasteiger partial charge in [-0.1, -0.05) is 13.8 Å². The average Bonchev–Trinajstić information content (AvgIpc) is 2.32. The minimum absolute atomic E-state index is 0.229. The molecule has 2 atom stereocenters. The maximum Gasteiger partial charge on any atom is 0.422 e. The number of nitrogens with one attached hydrogen (secondary N) is 2. The Bertz CT molecular complexity index is 425. The van der Waals surface area contributed by atoms with Crippen molar-refractivity contribution in [2.75, 3.05) is 6.54 Å². The molecule has 0 heterocycles. The Morgan fingerprint density at radius 1 is 1.24 bits per heavy atom. The molecular formula is C11H18F3N3O4. The molecule has 0 aliphatic carbocycles. The molecule has 0 radical (unpaired) electrons. The highest BCUT2D eigenvalue weighted by molar-refractivity contribution is 5.91. The van der Waals surface area contributed by atoms with E-state index in [0.717, 1.165) is 0 Å². The molecular weight excluding hydrogens is 295 g/mol. The first-order valence-corrected chi connectivity index (χ1v) is 5.97. The SMILES string of the molecule is CC(C)[C@H](N)C(=O)NCC(=O)NC(C)(C(=O)O)C(F)(F)F. The lowest BCUT2D eigenvalue weighted by Gasteiger charge is -2.28. The molecule has 0 aromatic rings. The summed E-state index contributed by atoms with van der Waals surface area (Å²) in [4.78, 5) is 33.5. The van der Waals surface area contributed by atoms with Crippen LogP contribution in [-0.2, 0) is 14.4 Å². The van der Waals surface area contributed by atoms with Crippen molar-refractivity contribution in [3.05, 3.63) is 0 Å². The van der Waals surface area contributed by atoms with Crippen molar-refractivity contribution < 1.29 is 32.7 Å². The zero-order chi connectivity index (χ0) is 17.0. The Hall–Kier alpha value is -1.84. The zero-order valence-electron chi connectivity index (χ0n) is 11.7. The van der Waals surface area contributed by atoms with E-state index in [1.54, 1.807) is 13.8 Å². The van der Waals surface area contributed by atoms with Crippen LogP contribution in [0.3, 0.4) is 0 Å². The van der Waals surface area contributed by atoms with Crippen molar-refractivity contribution in [2.24, 2.45) is 11.7 Å². The number of hydrogen-bond donors (Lipinski definition) is 4. The summed E-state index contributed by atoms with van der Waals surface area (Å²) in [6, 6.07) is -0.925. The number of amides is 2. The van der Waals surface area contributed by atoms with E-state index in [1.807, 2.05) is 5.32 Å². The number of carbonyl (C=O) groups is 3. The Kier molecular flexibility index (Phi) is 6.15. The number of aliphatic carboxylic acids is 1. The van der Waals surface area contributed by atoms with Gasteiger partial charge in [-0.05, 0) is 12.8 Å². The van der Waals surface area contributed by atoms with Gasteiger partial charge >= 0.3 is 12.1 Å². The Balaban J connectivity index is 4.70. The molecule has 0 bridgehead atoms. The van der Waals surface area contributed by atoms with Crippen LogP contribution in [0.25, 0.3) is 0 Å². The molecule has 0 spiro atoms. The van der Waals surface area contributed by atoms with Gasteiger partial charge in [0.25, 0.3) is 0 Å². The third kappa shape index (κ3) is 4.88. The molecule has 0 fully saturated rings. The summed E-state index contributed by atoms with van der Waals surface area (Å²) in [6.45, 7) is 2.80. The first-order chi connectivity index (χ1) is 9.33. The molecule has 21 heavy (non-hydrogen) atoms. The van der Waals surface area contributed by atoms with Crippen molar-refractivity contribution in [2.45, 2.75) is 38.5 Å². The Morgan fingerprint density at radius 3 is 2.05 bits per heavy atom.